The van der Waals surface area contributed by atoms with E-state index in [0.717, 1.165) is 12.0 Å². The maximum absolute atomic E-state index is 12.0. The summed E-state index contributed by atoms with van der Waals surface area (Å²) < 4.78 is 9.92. The Hall–Kier alpha value is -1.89. The van der Waals surface area contributed by atoms with Crippen molar-refractivity contribution in [2.24, 2.45) is 0 Å². The van der Waals surface area contributed by atoms with Gasteiger partial charge in [0.1, 0.15) is 13.2 Å². The Morgan fingerprint density at radius 1 is 1.30 bits per heavy atom. The Morgan fingerprint density at radius 3 is 2.61 bits per heavy atom. The monoisotopic (exact) mass is 340 g/mol. The van der Waals surface area contributed by atoms with Crippen molar-refractivity contribution in [3.8, 4) is 0 Å². The van der Waals surface area contributed by atoms with Crippen LogP contribution in [-0.4, -0.2) is 54.7 Å². The molecule has 1 aliphatic heterocycles. The zero-order valence-corrected chi connectivity index (χ0v) is 14.3. The number of thiol groups is 1. The predicted molar refractivity (Wildman–Crippen MR) is 92.7 cm³/mol. The van der Waals surface area contributed by atoms with Crippen molar-refractivity contribution in [3.63, 3.8) is 0 Å². The molecule has 1 heterocycles. The van der Waals surface area contributed by atoms with Gasteiger partial charge in [0.25, 0.3) is 0 Å². The molecule has 0 aromatic rings. The third-order valence-corrected chi connectivity index (χ3v) is 3.58. The quantitative estimate of drug-likeness (QED) is 0.552. The van der Waals surface area contributed by atoms with Crippen molar-refractivity contribution in [2.45, 2.75) is 24.6 Å². The minimum atomic E-state index is -0.501. The van der Waals surface area contributed by atoms with Crippen molar-refractivity contribution in [3.05, 3.63) is 37.0 Å². The highest BCUT2D eigenvalue weighted by atomic mass is 32.1. The Bertz CT molecular complexity index is 479. The number of likely N-dealkylation sites (tertiary alicyclic amines) is 1. The first-order valence-electron chi connectivity index (χ1n) is 7.39. The number of carbonyl (C=O) groups is 2. The van der Waals surface area contributed by atoms with Crippen molar-refractivity contribution >= 4 is 24.8 Å². The number of nitrogens with zero attached hydrogens (tertiary/aromatic N) is 1. The van der Waals surface area contributed by atoms with E-state index in [4.69, 9.17) is 9.47 Å². The van der Waals surface area contributed by atoms with E-state index in [1.165, 1.54) is 12.2 Å². The minimum Gasteiger partial charge on any atom is -0.445 e. The SMILES string of the molecule is C=CCOC(=O)NC/C(C)=C\[C@@H]1C[C@H](S)CN1C(=O)OCC=C. The fourth-order valence-corrected chi connectivity index (χ4v) is 2.60. The van der Waals surface area contributed by atoms with Crippen LogP contribution in [0.4, 0.5) is 9.59 Å². The van der Waals surface area contributed by atoms with Crippen LogP contribution in [0, 0.1) is 0 Å². The van der Waals surface area contributed by atoms with E-state index in [2.05, 4.69) is 31.1 Å². The fourth-order valence-electron chi connectivity index (χ4n) is 2.21. The second-order valence-electron chi connectivity index (χ2n) is 5.23. The molecule has 1 fully saturated rings. The molecule has 0 bridgehead atoms. The van der Waals surface area contributed by atoms with Crippen LogP contribution in [0.15, 0.2) is 37.0 Å². The van der Waals surface area contributed by atoms with Crippen LogP contribution in [-0.2, 0) is 9.47 Å². The summed E-state index contributed by atoms with van der Waals surface area (Å²) in [6, 6.07) is -0.0965. The van der Waals surface area contributed by atoms with Gasteiger partial charge in [0.2, 0.25) is 0 Å². The zero-order valence-electron chi connectivity index (χ0n) is 13.4. The number of hydrogen-bond acceptors (Lipinski definition) is 5. The summed E-state index contributed by atoms with van der Waals surface area (Å²) in [5.74, 6) is 0. The maximum atomic E-state index is 12.0. The number of alkyl carbamates (subject to hydrolysis) is 1. The normalized spacial score (nSPS) is 20.8. The molecular weight excluding hydrogens is 316 g/mol. The van der Waals surface area contributed by atoms with Gasteiger partial charge in [-0.2, -0.15) is 12.6 Å². The van der Waals surface area contributed by atoms with Crippen molar-refractivity contribution in [1.29, 1.82) is 0 Å². The summed E-state index contributed by atoms with van der Waals surface area (Å²) in [4.78, 5) is 25.0. The van der Waals surface area contributed by atoms with Gasteiger partial charge in [0.05, 0.1) is 6.04 Å². The highest BCUT2D eigenvalue weighted by molar-refractivity contribution is 7.81. The highest BCUT2D eigenvalue weighted by Gasteiger charge is 2.33. The molecule has 1 rings (SSSR count). The lowest BCUT2D eigenvalue weighted by atomic mass is 10.1. The van der Waals surface area contributed by atoms with E-state index in [-0.39, 0.29) is 30.6 Å². The smallest absolute Gasteiger partial charge is 0.410 e. The van der Waals surface area contributed by atoms with Crippen LogP contribution in [0.2, 0.25) is 0 Å². The number of amides is 2. The summed E-state index contributed by atoms with van der Waals surface area (Å²) in [6.07, 6.45) is 4.83. The summed E-state index contributed by atoms with van der Waals surface area (Å²) in [6.45, 7) is 10.1. The summed E-state index contributed by atoms with van der Waals surface area (Å²) >= 11 is 4.44. The van der Waals surface area contributed by atoms with Crippen LogP contribution in [0.5, 0.6) is 0 Å². The first-order chi connectivity index (χ1) is 11.0. The standard InChI is InChI=1S/C16H24N2O4S/c1-4-6-21-15(19)17-10-12(3)8-13-9-14(23)11-18(13)16(20)22-7-5-2/h4-5,8,13-14,23H,1-2,6-7,9-11H2,3H3,(H,17,19)/b12-8-/t13-,14+/m1/s1. The molecule has 0 radical (unpaired) electrons. The Labute approximate surface area is 142 Å². The number of nitrogens with one attached hydrogen (secondary N) is 1. The van der Waals surface area contributed by atoms with E-state index in [9.17, 15) is 9.59 Å². The molecule has 23 heavy (non-hydrogen) atoms. The molecule has 1 N–H and O–H groups in total. The zero-order chi connectivity index (χ0) is 17.2. The van der Waals surface area contributed by atoms with Gasteiger partial charge in [-0.15, -0.1) is 0 Å². The van der Waals surface area contributed by atoms with E-state index in [1.54, 1.807) is 4.90 Å². The number of carbonyl (C=O) groups excluding carboxylic acids is 2. The van der Waals surface area contributed by atoms with Gasteiger partial charge in [0, 0.05) is 18.3 Å². The first kappa shape index (κ1) is 19.2. The van der Waals surface area contributed by atoms with Gasteiger partial charge in [-0.1, -0.05) is 37.0 Å². The first-order valence-corrected chi connectivity index (χ1v) is 7.90. The lowest BCUT2D eigenvalue weighted by Crippen LogP contribution is -2.36. The van der Waals surface area contributed by atoms with Crippen molar-refractivity contribution in [2.75, 3.05) is 26.3 Å². The second-order valence-corrected chi connectivity index (χ2v) is 5.96. The number of rotatable bonds is 7. The molecule has 0 aromatic heterocycles. The average Bonchev–Trinajstić information content (AvgIpc) is 2.89. The van der Waals surface area contributed by atoms with E-state index in [0.29, 0.717) is 13.1 Å². The van der Waals surface area contributed by atoms with Crippen LogP contribution in [0.1, 0.15) is 13.3 Å². The largest absolute Gasteiger partial charge is 0.445 e. The molecule has 2 atom stereocenters. The molecule has 128 valence electrons. The lowest BCUT2D eigenvalue weighted by Gasteiger charge is -2.22. The average molecular weight is 340 g/mol. The molecule has 2 amide bonds. The van der Waals surface area contributed by atoms with Gasteiger partial charge < -0.3 is 19.7 Å². The highest BCUT2D eigenvalue weighted by Crippen LogP contribution is 2.24. The molecule has 0 aromatic carbocycles. The molecule has 0 saturated carbocycles. The molecule has 0 unspecified atom stereocenters. The molecule has 1 saturated heterocycles. The number of hydrogen-bond donors (Lipinski definition) is 2. The van der Waals surface area contributed by atoms with Gasteiger partial charge >= 0.3 is 12.2 Å². The predicted octanol–water partition coefficient (Wildman–Crippen LogP) is 2.54. The Kier molecular flexibility index (Phi) is 8.32. The van der Waals surface area contributed by atoms with Gasteiger partial charge in [0.15, 0.2) is 0 Å². The van der Waals surface area contributed by atoms with Gasteiger partial charge in [-0.25, -0.2) is 9.59 Å². The van der Waals surface area contributed by atoms with Crippen LogP contribution in [0.25, 0.3) is 0 Å². The van der Waals surface area contributed by atoms with Crippen LogP contribution >= 0.6 is 12.6 Å². The number of ether oxygens (including phenoxy) is 2. The van der Waals surface area contributed by atoms with E-state index >= 15 is 0 Å². The summed E-state index contributed by atoms with van der Waals surface area (Å²) in [7, 11) is 0. The molecule has 7 heteroatoms. The lowest BCUT2D eigenvalue weighted by molar-refractivity contribution is 0.114. The topological polar surface area (TPSA) is 67.9 Å². The van der Waals surface area contributed by atoms with Crippen molar-refractivity contribution in [1.82, 2.24) is 10.2 Å². The maximum Gasteiger partial charge on any atom is 0.410 e. The fraction of sp³-hybridized carbons (Fsp3) is 0.500. The summed E-state index contributed by atoms with van der Waals surface area (Å²) in [5, 5.41) is 2.74. The Balaban J connectivity index is 2.56. The minimum absolute atomic E-state index is 0.0965. The van der Waals surface area contributed by atoms with Crippen molar-refractivity contribution < 1.29 is 19.1 Å². The molecule has 1 aliphatic rings. The molecule has 0 spiro atoms. The molecule has 0 aliphatic carbocycles. The molecular formula is C16H24N2O4S. The Morgan fingerprint density at radius 2 is 1.96 bits per heavy atom. The second kappa shape index (κ2) is 9.99. The summed E-state index contributed by atoms with van der Waals surface area (Å²) in [5.41, 5.74) is 0.925. The molecule has 6 nitrogen and oxygen atoms in total. The van der Waals surface area contributed by atoms with Crippen LogP contribution in [0.3, 0.4) is 0 Å². The van der Waals surface area contributed by atoms with E-state index in [1.807, 2.05) is 13.0 Å². The third kappa shape index (κ3) is 6.81. The third-order valence-electron chi connectivity index (χ3n) is 3.20. The van der Waals surface area contributed by atoms with Crippen LogP contribution < -0.4 is 5.32 Å². The van der Waals surface area contributed by atoms with E-state index < -0.39 is 6.09 Å². The van der Waals surface area contributed by atoms with Gasteiger partial charge in [-0.3, -0.25) is 0 Å². The van der Waals surface area contributed by atoms with Gasteiger partial charge in [-0.05, 0) is 13.3 Å².